The average molecular weight is 150 g/mol. The first-order chi connectivity index (χ1) is 5.24. The van der Waals surface area contributed by atoms with Crippen LogP contribution in [0.2, 0.25) is 0 Å². The van der Waals surface area contributed by atoms with Crippen LogP contribution in [0, 0.1) is 13.8 Å². The van der Waals surface area contributed by atoms with Gasteiger partial charge in [0.15, 0.2) is 0 Å². The first-order valence-electron chi connectivity index (χ1n) is 3.37. The summed E-state index contributed by atoms with van der Waals surface area (Å²) in [7, 11) is 0. The van der Waals surface area contributed by atoms with Crippen molar-refractivity contribution in [3.05, 3.63) is 23.5 Å². The van der Waals surface area contributed by atoms with E-state index in [1.54, 1.807) is 6.20 Å². The average Bonchev–Trinajstić information content (AvgIpc) is 1.98. The van der Waals surface area contributed by atoms with E-state index in [1.807, 2.05) is 19.9 Å². The molecule has 0 saturated carbocycles. The molecule has 0 aliphatic heterocycles. The van der Waals surface area contributed by atoms with Gasteiger partial charge in [0.1, 0.15) is 0 Å². The molecule has 0 unspecified atom stereocenters. The van der Waals surface area contributed by atoms with Crippen LogP contribution in [-0.4, -0.2) is 11.4 Å². The van der Waals surface area contributed by atoms with Crippen molar-refractivity contribution >= 4 is 12.1 Å². The third-order valence-corrected chi connectivity index (χ3v) is 1.57. The number of aryl methyl sites for hydroxylation is 2. The smallest absolute Gasteiger partial charge is 0.211 e. The lowest BCUT2D eigenvalue weighted by atomic mass is 10.2. The van der Waals surface area contributed by atoms with Crippen molar-refractivity contribution < 1.29 is 4.79 Å². The number of rotatable bonds is 2. The van der Waals surface area contributed by atoms with Gasteiger partial charge >= 0.3 is 0 Å². The Bertz CT molecular complexity index is 271. The van der Waals surface area contributed by atoms with Gasteiger partial charge in [0.25, 0.3) is 0 Å². The van der Waals surface area contributed by atoms with Gasteiger partial charge in [-0.25, -0.2) is 0 Å². The van der Waals surface area contributed by atoms with Crippen LogP contribution < -0.4 is 5.32 Å². The predicted octanol–water partition coefficient (Wildman–Crippen LogP) is 1.27. The van der Waals surface area contributed by atoms with Crippen LogP contribution in [0.15, 0.2) is 12.3 Å². The molecule has 0 spiro atoms. The summed E-state index contributed by atoms with van der Waals surface area (Å²) in [6.07, 6.45) is 2.28. The highest BCUT2D eigenvalue weighted by atomic mass is 16.1. The zero-order valence-corrected chi connectivity index (χ0v) is 6.59. The number of nitrogens with one attached hydrogen (secondary N) is 1. The Morgan fingerprint density at radius 2 is 2.27 bits per heavy atom. The minimum Gasteiger partial charge on any atom is -0.327 e. The van der Waals surface area contributed by atoms with Gasteiger partial charge in [-0.2, -0.15) is 0 Å². The topological polar surface area (TPSA) is 42.0 Å². The Balaban J connectivity index is 2.95. The van der Waals surface area contributed by atoms with E-state index in [9.17, 15) is 4.79 Å². The fourth-order valence-electron chi connectivity index (χ4n) is 0.790. The van der Waals surface area contributed by atoms with E-state index in [-0.39, 0.29) is 0 Å². The SMILES string of the molecule is Cc1cc(NC=O)cnc1C. The Morgan fingerprint density at radius 3 is 2.82 bits per heavy atom. The van der Waals surface area contributed by atoms with Crippen molar-refractivity contribution in [1.29, 1.82) is 0 Å². The highest BCUT2D eigenvalue weighted by molar-refractivity contribution is 5.70. The fraction of sp³-hybridized carbons (Fsp3) is 0.250. The molecular formula is C8H10N2O. The molecule has 0 aliphatic rings. The quantitative estimate of drug-likeness (QED) is 0.645. The van der Waals surface area contributed by atoms with Gasteiger partial charge in [-0.1, -0.05) is 0 Å². The molecular weight excluding hydrogens is 140 g/mol. The van der Waals surface area contributed by atoms with E-state index < -0.39 is 0 Å². The van der Waals surface area contributed by atoms with Crippen LogP contribution in [0.3, 0.4) is 0 Å². The molecule has 1 N–H and O–H groups in total. The van der Waals surface area contributed by atoms with Crippen molar-refractivity contribution in [3.8, 4) is 0 Å². The number of pyridine rings is 1. The summed E-state index contributed by atoms with van der Waals surface area (Å²) in [6, 6.07) is 1.89. The lowest BCUT2D eigenvalue weighted by Crippen LogP contribution is -1.96. The number of hydrogen-bond acceptors (Lipinski definition) is 2. The maximum atomic E-state index is 10.0. The van der Waals surface area contributed by atoms with Crippen LogP contribution in [0.5, 0.6) is 0 Å². The number of carbonyl (C=O) groups is 1. The van der Waals surface area contributed by atoms with E-state index in [2.05, 4.69) is 10.3 Å². The number of aromatic nitrogens is 1. The number of nitrogens with zero attached hydrogens (tertiary/aromatic N) is 1. The lowest BCUT2D eigenvalue weighted by Gasteiger charge is -2.01. The maximum Gasteiger partial charge on any atom is 0.211 e. The molecule has 1 heterocycles. The van der Waals surface area contributed by atoms with E-state index in [4.69, 9.17) is 0 Å². The number of anilines is 1. The van der Waals surface area contributed by atoms with Gasteiger partial charge in [-0.15, -0.1) is 0 Å². The summed E-state index contributed by atoms with van der Waals surface area (Å²) in [5.41, 5.74) is 2.81. The van der Waals surface area contributed by atoms with E-state index in [1.165, 1.54) is 0 Å². The van der Waals surface area contributed by atoms with E-state index in [0.717, 1.165) is 16.9 Å². The summed E-state index contributed by atoms with van der Waals surface area (Å²) in [5, 5.41) is 2.53. The summed E-state index contributed by atoms with van der Waals surface area (Å²) in [6.45, 7) is 3.89. The summed E-state index contributed by atoms with van der Waals surface area (Å²) in [5.74, 6) is 0. The van der Waals surface area contributed by atoms with E-state index >= 15 is 0 Å². The molecule has 0 saturated heterocycles. The van der Waals surface area contributed by atoms with E-state index in [0.29, 0.717) is 6.41 Å². The van der Waals surface area contributed by atoms with Gasteiger partial charge in [0.05, 0.1) is 11.9 Å². The normalized spacial score (nSPS) is 9.27. The Morgan fingerprint density at radius 1 is 1.55 bits per heavy atom. The standard InChI is InChI=1S/C8H10N2O/c1-6-3-8(10-5-11)4-9-7(6)2/h3-5H,1-2H3,(H,10,11). The molecule has 3 heteroatoms. The second-order valence-corrected chi connectivity index (χ2v) is 2.39. The Kier molecular flexibility index (Phi) is 2.21. The molecule has 0 bridgehead atoms. The van der Waals surface area contributed by atoms with Gasteiger partial charge in [0, 0.05) is 5.69 Å². The molecule has 0 fully saturated rings. The second-order valence-electron chi connectivity index (χ2n) is 2.39. The minimum absolute atomic E-state index is 0.645. The van der Waals surface area contributed by atoms with Crippen molar-refractivity contribution in [3.63, 3.8) is 0 Å². The van der Waals surface area contributed by atoms with Crippen LogP contribution in [-0.2, 0) is 4.79 Å². The number of hydrogen-bond donors (Lipinski definition) is 1. The highest BCUT2D eigenvalue weighted by Crippen LogP contribution is 2.09. The van der Waals surface area contributed by atoms with Gasteiger partial charge < -0.3 is 5.32 Å². The van der Waals surface area contributed by atoms with Crippen molar-refractivity contribution in [1.82, 2.24) is 4.98 Å². The summed E-state index contributed by atoms with van der Waals surface area (Å²) < 4.78 is 0. The third-order valence-electron chi connectivity index (χ3n) is 1.57. The second kappa shape index (κ2) is 3.14. The van der Waals surface area contributed by atoms with Crippen LogP contribution >= 0.6 is 0 Å². The molecule has 0 aliphatic carbocycles. The predicted molar refractivity (Wildman–Crippen MR) is 43.4 cm³/mol. The van der Waals surface area contributed by atoms with Crippen LogP contribution in [0.4, 0.5) is 5.69 Å². The molecule has 1 aromatic heterocycles. The third kappa shape index (κ3) is 1.77. The zero-order chi connectivity index (χ0) is 8.27. The minimum atomic E-state index is 0.645. The van der Waals surface area contributed by atoms with Crippen LogP contribution in [0.25, 0.3) is 0 Å². The molecule has 1 aromatic rings. The Labute approximate surface area is 65.5 Å². The molecule has 58 valence electrons. The zero-order valence-electron chi connectivity index (χ0n) is 6.59. The lowest BCUT2D eigenvalue weighted by molar-refractivity contribution is -0.105. The van der Waals surface area contributed by atoms with Gasteiger partial charge in [-0.05, 0) is 25.5 Å². The molecule has 11 heavy (non-hydrogen) atoms. The fourth-order valence-corrected chi connectivity index (χ4v) is 0.790. The number of carbonyl (C=O) groups excluding carboxylic acids is 1. The van der Waals surface area contributed by atoms with Gasteiger partial charge in [-0.3, -0.25) is 9.78 Å². The van der Waals surface area contributed by atoms with Crippen LogP contribution in [0.1, 0.15) is 11.3 Å². The largest absolute Gasteiger partial charge is 0.327 e. The molecule has 0 radical (unpaired) electrons. The maximum absolute atomic E-state index is 10.0. The molecule has 0 aromatic carbocycles. The summed E-state index contributed by atoms with van der Waals surface area (Å²) >= 11 is 0. The molecule has 1 amide bonds. The monoisotopic (exact) mass is 150 g/mol. The summed E-state index contributed by atoms with van der Waals surface area (Å²) in [4.78, 5) is 14.1. The highest BCUT2D eigenvalue weighted by Gasteiger charge is 1.94. The molecule has 1 rings (SSSR count). The first-order valence-corrected chi connectivity index (χ1v) is 3.37. The van der Waals surface area contributed by atoms with Crippen molar-refractivity contribution in [2.45, 2.75) is 13.8 Å². The van der Waals surface area contributed by atoms with Crippen molar-refractivity contribution in [2.24, 2.45) is 0 Å². The number of amides is 1. The molecule has 0 atom stereocenters. The molecule has 3 nitrogen and oxygen atoms in total. The van der Waals surface area contributed by atoms with Crippen molar-refractivity contribution in [2.75, 3.05) is 5.32 Å². The Hall–Kier alpha value is -1.38. The van der Waals surface area contributed by atoms with Gasteiger partial charge in [0.2, 0.25) is 6.41 Å². The first kappa shape index (κ1) is 7.72.